The minimum atomic E-state index is -0.461. The highest BCUT2D eigenvalue weighted by atomic mass is 16.5. The molecule has 0 spiro atoms. The molecule has 0 aliphatic rings. The second-order valence-corrected chi connectivity index (χ2v) is 11.3. The Labute approximate surface area is 206 Å². The quantitative estimate of drug-likeness (QED) is 0.372. The van der Waals surface area contributed by atoms with E-state index in [9.17, 15) is 4.79 Å². The van der Waals surface area contributed by atoms with Gasteiger partial charge in [0.2, 0.25) is 0 Å². The number of ether oxygens (including phenoxy) is 2. The Hall–Kier alpha value is -3.48. The molecule has 1 N–H and O–H groups in total. The molecule has 0 atom stereocenters. The van der Waals surface area contributed by atoms with E-state index in [0.29, 0.717) is 11.6 Å². The molecule has 0 bridgehead atoms. The summed E-state index contributed by atoms with van der Waals surface area (Å²) in [5.74, 6) is 2.07. The van der Waals surface area contributed by atoms with Crippen molar-refractivity contribution < 1.29 is 9.47 Å². The molecule has 2 heterocycles. The van der Waals surface area contributed by atoms with Gasteiger partial charge < -0.3 is 14.0 Å². The van der Waals surface area contributed by atoms with Crippen molar-refractivity contribution in [1.82, 2.24) is 19.3 Å². The van der Waals surface area contributed by atoms with Gasteiger partial charge in [-0.25, -0.2) is 14.5 Å². The summed E-state index contributed by atoms with van der Waals surface area (Å²) in [4.78, 5) is 13.0. The number of nitrogens with one attached hydrogen (secondary N) is 1. The molecule has 0 radical (unpaired) electrons. The molecular formula is C28H36N4O3. The molecule has 7 heteroatoms. The van der Waals surface area contributed by atoms with Crippen LogP contribution in [0.3, 0.4) is 0 Å². The largest absolute Gasteiger partial charge is 0.488 e. The topological polar surface area (TPSA) is 74.1 Å². The monoisotopic (exact) mass is 476 g/mol. The molecule has 0 amide bonds. The van der Waals surface area contributed by atoms with E-state index in [1.54, 1.807) is 4.57 Å². The smallest absolute Gasteiger partial charge is 0.348 e. The van der Waals surface area contributed by atoms with Gasteiger partial charge in [-0.05, 0) is 83.4 Å². The van der Waals surface area contributed by atoms with Crippen LogP contribution in [0.25, 0.3) is 28.0 Å². The van der Waals surface area contributed by atoms with Crippen LogP contribution in [0.2, 0.25) is 0 Å². The van der Waals surface area contributed by atoms with Gasteiger partial charge in [0.25, 0.3) is 0 Å². The third-order valence-electron chi connectivity index (χ3n) is 5.61. The van der Waals surface area contributed by atoms with E-state index in [-0.39, 0.29) is 17.2 Å². The number of fused-ring (bicyclic) bond motifs is 1. The minimum Gasteiger partial charge on any atom is -0.488 e. The molecule has 0 fully saturated rings. The van der Waals surface area contributed by atoms with Crippen molar-refractivity contribution in [3.8, 4) is 28.6 Å². The highest BCUT2D eigenvalue weighted by molar-refractivity contribution is 5.82. The van der Waals surface area contributed by atoms with Gasteiger partial charge in [-0.15, -0.1) is 0 Å². The van der Waals surface area contributed by atoms with Crippen molar-refractivity contribution in [1.29, 1.82) is 0 Å². The van der Waals surface area contributed by atoms with Gasteiger partial charge in [-0.2, -0.15) is 5.10 Å². The van der Waals surface area contributed by atoms with E-state index in [2.05, 4.69) is 28.6 Å². The summed E-state index contributed by atoms with van der Waals surface area (Å²) >= 11 is 0. The fourth-order valence-electron chi connectivity index (χ4n) is 4.16. The van der Waals surface area contributed by atoms with Crippen LogP contribution >= 0.6 is 0 Å². The molecule has 0 saturated heterocycles. The minimum absolute atomic E-state index is 0.189. The van der Waals surface area contributed by atoms with E-state index in [1.165, 1.54) is 0 Å². The van der Waals surface area contributed by atoms with E-state index in [1.807, 2.05) is 91.2 Å². The van der Waals surface area contributed by atoms with Crippen LogP contribution in [0, 0.1) is 0 Å². The van der Waals surface area contributed by atoms with Crippen LogP contribution in [-0.2, 0) is 7.05 Å². The number of nitrogens with zero attached hydrogens (tertiary/aromatic N) is 3. The van der Waals surface area contributed by atoms with Gasteiger partial charge in [0.1, 0.15) is 22.7 Å². The summed E-state index contributed by atoms with van der Waals surface area (Å²) in [6.45, 7) is 16.3. The standard InChI is InChI=1S/C28H36N4O3/c1-17(2)20-15-21(24(35-28(6,7)8)16-23(20)34-27(3,4)5)25-29-30-26(33)32(25)19-10-11-22-18(14-19)12-13-31(22)9/h10-17H,1-9H3,(H,30,33). The number of aromatic nitrogens is 4. The molecule has 4 rings (SSSR count). The van der Waals surface area contributed by atoms with Crippen LogP contribution in [0.1, 0.15) is 66.9 Å². The third-order valence-corrected chi connectivity index (χ3v) is 5.61. The Morgan fingerprint density at radius 1 is 0.914 bits per heavy atom. The maximum absolute atomic E-state index is 13.0. The Kier molecular flexibility index (Phi) is 6.07. The predicted octanol–water partition coefficient (Wildman–Crippen LogP) is 6.20. The first-order valence-electron chi connectivity index (χ1n) is 12.0. The molecule has 2 aromatic heterocycles. The molecular weight excluding hydrogens is 440 g/mol. The van der Waals surface area contributed by atoms with Crippen LogP contribution in [0.4, 0.5) is 0 Å². The maximum Gasteiger partial charge on any atom is 0.348 e. The molecule has 4 aromatic rings. The lowest BCUT2D eigenvalue weighted by atomic mass is 9.97. The zero-order valence-electron chi connectivity index (χ0n) is 22.2. The molecule has 2 aromatic carbocycles. The number of hydrogen-bond acceptors (Lipinski definition) is 4. The number of aryl methyl sites for hydroxylation is 1. The zero-order valence-corrected chi connectivity index (χ0v) is 22.2. The summed E-state index contributed by atoms with van der Waals surface area (Å²) < 4.78 is 16.4. The average Bonchev–Trinajstić information content (AvgIpc) is 3.28. The normalized spacial score (nSPS) is 12.5. The summed E-state index contributed by atoms with van der Waals surface area (Å²) in [7, 11) is 2.00. The lowest BCUT2D eigenvalue weighted by molar-refractivity contribution is 0.120. The molecule has 0 aliphatic carbocycles. The lowest BCUT2D eigenvalue weighted by Gasteiger charge is -2.28. The molecule has 0 aliphatic heterocycles. The second kappa shape index (κ2) is 8.63. The predicted molar refractivity (Wildman–Crippen MR) is 141 cm³/mol. The van der Waals surface area contributed by atoms with Crippen molar-refractivity contribution in [2.24, 2.45) is 7.05 Å². The maximum atomic E-state index is 13.0. The summed E-state index contributed by atoms with van der Waals surface area (Å²) in [6, 6.07) is 12.0. The molecule has 186 valence electrons. The van der Waals surface area contributed by atoms with Crippen LogP contribution in [0.15, 0.2) is 47.4 Å². The first kappa shape index (κ1) is 24.6. The fraction of sp³-hybridized carbons (Fsp3) is 0.429. The highest BCUT2D eigenvalue weighted by Gasteiger charge is 2.26. The first-order valence-corrected chi connectivity index (χ1v) is 12.0. The number of hydrogen-bond donors (Lipinski definition) is 1. The van der Waals surface area contributed by atoms with Gasteiger partial charge >= 0.3 is 5.69 Å². The summed E-state index contributed by atoms with van der Waals surface area (Å²) in [5, 5.41) is 8.14. The number of benzene rings is 2. The van der Waals surface area contributed by atoms with Crippen molar-refractivity contribution in [3.05, 3.63) is 58.6 Å². The van der Waals surface area contributed by atoms with Crippen LogP contribution in [0.5, 0.6) is 11.5 Å². The summed E-state index contributed by atoms with van der Waals surface area (Å²) in [5.41, 5.74) is 2.45. The van der Waals surface area contributed by atoms with E-state index in [0.717, 1.165) is 33.5 Å². The molecule has 0 unspecified atom stereocenters. The van der Waals surface area contributed by atoms with Gasteiger partial charge in [-0.1, -0.05) is 13.8 Å². The molecule has 0 saturated carbocycles. The Morgan fingerprint density at radius 3 is 2.20 bits per heavy atom. The van der Waals surface area contributed by atoms with Gasteiger partial charge in [0, 0.05) is 30.2 Å². The fourth-order valence-corrected chi connectivity index (χ4v) is 4.16. The third kappa shape index (κ3) is 5.14. The SMILES string of the molecule is CC(C)c1cc(-c2n[nH]c(=O)n2-c2ccc3c(ccn3C)c2)c(OC(C)(C)C)cc1OC(C)(C)C. The first-order chi connectivity index (χ1) is 16.2. The van der Waals surface area contributed by atoms with Crippen molar-refractivity contribution in [2.75, 3.05) is 0 Å². The van der Waals surface area contributed by atoms with E-state index < -0.39 is 5.60 Å². The number of aromatic amines is 1. The van der Waals surface area contributed by atoms with Gasteiger partial charge in [0.05, 0.1) is 11.3 Å². The molecule has 7 nitrogen and oxygen atoms in total. The highest BCUT2D eigenvalue weighted by Crippen LogP contribution is 2.41. The van der Waals surface area contributed by atoms with Crippen LogP contribution in [-0.4, -0.2) is 30.5 Å². The van der Waals surface area contributed by atoms with Crippen LogP contribution < -0.4 is 15.2 Å². The van der Waals surface area contributed by atoms with E-state index >= 15 is 0 Å². The average molecular weight is 477 g/mol. The summed E-state index contributed by atoms with van der Waals surface area (Å²) in [6.07, 6.45) is 2.01. The molecule has 35 heavy (non-hydrogen) atoms. The lowest BCUT2D eigenvalue weighted by Crippen LogP contribution is -2.25. The van der Waals surface area contributed by atoms with Crippen molar-refractivity contribution in [3.63, 3.8) is 0 Å². The van der Waals surface area contributed by atoms with Gasteiger partial charge in [-0.3, -0.25) is 0 Å². The number of rotatable bonds is 5. The van der Waals surface area contributed by atoms with E-state index in [4.69, 9.17) is 9.47 Å². The zero-order chi connectivity index (χ0) is 25.7. The number of H-pyrrole nitrogens is 1. The van der Waals surface area contributed by atoms with Crippen molar-refractivity contribution in [2.45, 2.75) is 72.5 Å². The van der Waals surface area contributed by atoms with Crippen molar-refractivity contribution >= 4 is 10.9 Å². The van der Waals surface area contributed by atoms with Gasteiger partial charge in [0.15, 0.2) is 5.82 Å². The Balaban J connectivity index is 1.96. The second-order valence-electron chi connectivity index (χ2n) is 11.3. The Bertz CT molecular complexity index is 1430. The Morgan fingerprint density at radius 2 is 1.57 bits per heavy atom.